The summed E-state index contributed by atoms with van der Waals surface area (Å²) < 4.78 is 0. The van der Waals surface area contributed by atoms with Gasteiger partial charge in [0.2, 0.25) is 0 Å². The Morgan fingerprint density at radius 3 is 2.76 bits per heavy atom. The van der Waals surface area contributed by atoms with E-state index in [-0.39, 0.29) is 11.3 Å². The summed E-state index contributed by atoms with van der Waals surface area (Å²) >= 11 is 0. The number of carbonyl (C=O) groups excluding carboxylic acids is 1. The van der Waals surface area contributed by atoms with Crippen LogP contribution >= 0.6 is 0 Å². The van der Waals surface area contributed by atoms with Crippen molar-refractivity contribution in [2.75, 3.05) is 0 Å². The molecule has 0 aliphatic heterocycles. The molecule has 0 radical (unpaired) electrons. The molecule has 2 aliphatic rings. The van der Waals surface area contributed by atoms with Gasteiger partial charge in [-0.3, -0.25) is 4.79 Å². The van der Waals surface area contributed by atoms with Crippen LogP contribution in [0.25, 0.3) is 0 Å². The average molecular weight is 228 g/mol. The van der Waals surface area contributed by atoms with Crippen LogP contribution in [0.2, 0.25) is 0 Å². The smallest absolute Gasteiger partial charge is 0.166 e. The fourth-order valence-electron chi connectivity index (χ4n) is 4.02. The number of ketones is 1. The Morgan fingerprint density at radius 1 is 1.29 bits per heavy atom. The van der Waals surface area contributed by atoms with Crippen molar-refractivity contribution in [2.24, 2.45) is 17.3 Å². The third-order valence-corrected chi connectivity index (χ3v) is 4.90. The SMILES string of the molecule is C[C@@]12CCC[C@@H](C[C@H]1C(=O)c1ccccc1)C2. The molecule has 1 aromatic carbocycles. The van der Waals surface area contributed by atoms with Crippen molar-refractivity contribution in [2.45, 2.75) is 39.0 Å². The van der Waals surface area contributed by atoms with Gasteiger partial charge in [-0.2, -0.15) is 0 Å². The van der Waals surface area contributed by atoms with E-state index in [1.807, 2.05) is 30.3 Å². The van der Waals surface area contributed by atoms with Crippen LogP contribution in [0.3, 0.4) is 0 Å². The molecular weight excluding hydrogens is 208 g/mol. The zero-order chi connectivity index (χ0) is 11.9. The molecule has 0 amide bonds. The number of fused-ring (bicyclic) bond motifs is 2. The highest BCUT2D eigenvalue weighted by Gasteiger charge is 2.49. The predicted molar refractivity (Wildman–Crippen MR) is 68.9 cm³/mol. The molecule has 2 aliphatic carbocycles. The van der Waals surface area contributed by atoms with E-state index in [0.717, 1.165) is 17.9 Å². The lowest BCUT2D eigenvalue weighted by Gasteiger charge is -2.33. The van der Waals surface area contributed by atoms with Crippen molar-refractivity contribution in [1.29, 1.82) is 0 Å². The van der Waals surface area contributed by atoms with Gasteiger partial charge >= 0.3 is 0 Å². The van der Waals surface area contributed by atoms with E-state index >= 15 is 0 Å². The maximum Gasteiger partial charge on any atom is 0.166 e. The standard InChI is InChI=1S/C16H20O/c1-16-9-5-6-12(11-16)10-14(16)15(17)13-7-3-2-4-8-13/h2-4,7-8,12,14H,5-6,9-11H2,1H3/t12-,14-,16-/m0/s1. The second-order valence-electron chi connectivity index (χ2n) is 6.13. The van der Waals surface area contributed by atoms with Gasteiger partial charge < -0.3 is 0 Å². The Kier molecular flexibility index (Phi) is 2.57. The summed E-state index contributed by atoms with van der Waals surface area (Å²) in [6.07, 6.45) is 6.31. The maximum atomic E-state index is 12.6. The number of hydrogen-bond acceptors (Lipinski definition) is 1. The highest BCUT2D eigenvalue weighted by atomic mass is 16.1. The van der Waals surface area contributed by atoms with Gasteiger partial charge in [0.05, 0.1) is 0 Å². The molecule has 2 bridgehead atoms. The van der Waals surface area contributed by atoms with E-state index in [9.17, 15) is 4.79 Å². The van der Waals surface area contributed by atoms with Crippen LogP contribution in [0.1, 0.15) is 49.4 Å². The molecule has 0 unspecified atom stereocenters. The summed E-state index contributed by atoms with van der Waals surface area (Å²) in [6.45, 7) is 2.33. The summed E-state index contributed by atoms with van der Waals surface area (Å²) in [6, 6.07) is 9.85. The lowest BCUT2D eigenvalue weighted by Crippen LogP contribution is -2.29. The molecule has 0 saturated heterocycles. The summed E-state index contributed by atoms with van der Waals surface area (Å²) in [5.41, 5.74) is 1.20. The summed E-state index contributed by atoms with van der Waals surface area (Å²) in [5.74, 6) is 1.47. The first-order chi connectivity index (χ1) is 8.19. The fraction of sp³-hybridized carbons (Fsp3) is 0.562. The first kappa shape index (κ1) is 11.0. The van der Waals surface area contributed by atoms with E-state index in [1.165, 1.54) is 25.7 Å². The maximum absolute atomic E-state index is 12.6. The lowest BCUT2D eigenvalue weighted by atomic mass is 9.71. The van der Waals surface area contributed by atoms with Gasteiger partial charge in [0, 0.05) is 11.5 Å². The van der Waals surface area contributed by atoms with Crippen LogP contribution in [0, 0.1) is 17.3 Å². The second kappa shape index (κ2) is 3.97. The quantitative estimate of drug-likeness (QED) is 0.697. The minimum atomic E-state index is 0.275. The molecule has 0 aromatic heterocycles. The van der Waals surface area contributed by atoms with Gasteiger partial charge in [0.15, 0.2) is 5.78 Å². The van der Waals surface area contributed by atoms with Gasteiger partial charge in [-0.25, -0.2) is 0 Å². The van der Waals surface area contributed by atoms with Gasteiger partial charge in [-0.1, -0.05) is 50.1 Å². The molecule has 3 atom stereocenters. The van der Waals surface area contributed by atoms with E-state index in [2.05, 4.69) is 6.92 Å². The topological polar surface area (TPSA) is 17.1 Å². The zero-order valence-corrected chi connectivity index (χ0v) is 10.5. The Labute approximate surface area is 103 Å². The lowest BCUT2D eigenvalue weighted by molar-refractivity contribution is 0.0802. The normalized spacial score (nSPS) is 35.8. The van der Waals surface area contributed by atoms with Crippen molar-refractivity contribution in [3.05, 3.63) is 35.9 Å². The van der Waals surface area contributed by atoms with Crippen LogP contribution in [0.5, 0.6) is 0 Å². The van der Waals surface area contributed by atoms with Crippen LogP contribution in [-0.2, 0) is 0 Å². The van der Waals surface area contributed by atoms with Crippen molar-refractivity contribution < 1.29 is 4.79 Å². The minimum absolute atomic E-state index is 0.275. The number of hydrogen-bond donors (Lipinski definition) is 0. The molecule has 0 N–H and O–H groups in total. The second-order valence-corrected chi connectivity index (χ2v) is 6.13. The molecule has 1 heteroatoms. The summed E-state index contributed by atoms with van der Waals surface area (Å²) in [5, 5.41) is 0. The minimum Gasteiger partial charge on any atom is -0.294 e. The van der Waals surface area contributed by atoms with Gasteiger partial charge in [0.1, 0.15) is 0 Å². The van der Waals surface area contributed by atoms with Crippen LogP contribution in [0.4, 0.5) is 0 Å². The number of rotatable bonds is 2. The predicted octanol–water partition coefficient (Wildman–Crippen LogP) is 4.09. The average Bonchev–Trinajstić information content (AvgIpc) is 2.59. The Balaban J connectivity index is 1.88. The molecular formula is C16H20O. The van der Waals surface area contributed by atoms with Gasteiger partial charge in [-0.05, 0) is 30.6 Å². The Hall–Kier alpha value is -1.11. The summed E-state index contributed by atoms with van der Waals surface area (Å²) in [7, 11) is 0. The first-order valence-electron chi connectivity index (χ1n) is 6.78. The molecule has 90 valence electrons. The van der Waals surface area contributed by atoms with E-state index < -0.39 is 0 Å². The van der Waals surface area contributed by atoms with Crippen molar-refractivity contribution in [3.63, 3.8) is 0 Å². The van der Waals surface area contributed by atoms with Crippen LogP contribution in [-0.4, -0.2) is 5.78 Å². The molecule has 3 rings (SSSR count). The molecule has 1 nitrogen and oxygen atoms in total. The molecule has 1 aromatic rings. The van der Waals surface area contributed by atoms with Crippen LogP contribution in [0.15, 0.2) is 30.3 Å². The van der Waals surface area contributed by atoms with E-state index in [4.69, 9.17) is 0 Å². The monoisotopic (exact) mass is 228 g/mol. The van der Waals surface area contributed by atoms with E-state index in [0.29, 0.717) is 5.78 Å². The molecule has 2 fully saturated rings. The highest BCUT2D eigenvalue weighted by molar-refractivity contribution is 5.98. The first-order valence-corrected chi connectivity index (χ1v) is 6.78. The van der Waals surface area contributed by atoms with Crippen LogP contribution < -0.4 is 0 Å². The van der Waals surface area contributed by atoms with Crippen molar-refractivity contribution in [1.82, 2.24) is 0 Å². The molecule has 0 spiro atoms. The number of carbonyl (C=O) groups is 1. The third kappa shape index (κ3) is 1.82. The molecule has 2 saturated carbocycles. The van der Waals surface area contributed by atoms with Crippen molar-refractivity contribution >= 4 is 5.78 Å². The largest absolute Gasteiger partial charge is 0.294 e. The van der Waals surface area contributed by atoms with Gasteiger partial charge in [-0.15, -0.1) is 0 Å². The zero-order valence-electron chi connectivity index (χ0n) is 10.5. The van der Waals surface area contributed by atoms with Gasteiger partial charge in [0.25, 0.3) is 0 Å². The van der Waals surface area contributed by atoms with Crippen molar-refractivity contribution in [3.8, 4) is 0 Å². The highest BCUT2D eigenvalue weighted by Crippen LogP contribution is 2.55. The Bertz CT molecular complexity index is 422. The summed E-state index contributed by atoms with van der Waals surface area (Å²) in [4.78, 5) is 12.6. The molecule has 17 heavy (non-hydrogen) atoms. The number of Topliss-reactive ketones (excluding diaryl/α,β-unsaturated/α-hetero) is 1. The third-order valence-electron chi connectivity index (χ3n) is 4.90. The number of benzene rings is 1. The Morgan fingerprint density at radius 2 is 2.06 bits per heavy atom. The fourth-order valence-corrected chi connectivity index (χ4v) is 4.02. The van der Waals surface area contributed by atoms with E-state index in [1.54, 1.807) is 0 Å². The molecule has 0 heterocycles.